The number of aromatic hydroxyl groups is 1. The lowest BCUT2D eigenvalue weighted by molar-refractivity contribution is 0.0913. The Balaban J connectivity index is 2.78. The van der Waals surface area contributed by atoms with Crippen molar-refractivity contribution in [3.8, 4) is 5.75 Å². The number of carbonyl (C=O) groups is 1. The third-order valence-corrected chi connectivity index (χ3v) is 2.69. The predicted octanol–water partition coefficient (Wildman–Crippen LogP) is 3.19. The highest BCUT2D eigenvalue weighted by Gasteiger charge is 2.14. The number of nitrogens with zero attached hydrogens (tertiary/aromatic N) is 1. The fourth-order valence-corrected chi connectivity index (χ4v) is 1.74. The van der Waals surface area contributed by atoms with Gasteiger partial charge in [0.05, 0.1) is 16.7 Å². The molecule has 0 unspecified atom stereocenters. The van der Waals surface area contributed by atoms with Crippen molar-refractivity contribution in [3.05, 3.63) is 29.2 Å². The molecular weight excluding hydrogens is 233 g/mol. The van der Waals surface area contributed by atoms with Crippen molar-refractivity contribution >= 4 is 28.4 Å². The Labute approximate surface area is 96.1 Å². The summed E-state index contributed by atoms with van der Waals surface area (Å²) in [5.74, 6) is -0.938. The van der Waals surface area contributed by atoms with Crippen LogP contribution >= 0.6 is 11.6 Å². The first-order valence-corrected chi connectivity index (χ1v) is 5.14. The van der Waals surface area contributed by atoms with E-state index in [1.54, 1.807) is 6.92 Å². The quantitative estimate of drug-likeness (QED) is 0.833. The number of hydrogen-bond donors (Lipinski definition) is 1. The Morgan fingerprint density at radius 3 is 2.88 bits per heavy atom. The molecule has 2 rings (SSSR count). The van der Waals surface area contributed by atoms with Crippen LogP contribution in [-0.2, 0) is 0 Å². The third-order valence-electron chi connectivity index (χ3n) is 2.40. The number of aromatic nitrogens is 1. The van der Waals surface area contributed by atoms with Gasteiger partial charge in [-0.2, -0.15) is 0 Å². The number of hydrogen-bond acceptors (Lipinski definition) is 2. The second-order valence-corrected chi connectivity index (χ2v) is 3.82. The molecule has 0 saturated heterocycles. The molecule has 0 aliphatic carbocycles. The normalized spacial score (nSPS) is 10.9. The average molecular weight is 242 g/mol. The van der Waals surface area contributed by atoms with Crippen LogP contribution in [0.5, 0.6) is 5.75 Å². The molecule has 0 saturated carbocycles. The van der Waals surface area contributed by atoms with Gasteiger partial charge in [0.1, 0.15) is 11.6 Å². The first-order valence-electron chi connectivity index (χ1n) is 4.77. The fourth-order valence-electron chi connectivity index (χ4n) is 1.58. The molecule has 0 atom stereocenters. The summed E-state index contributed by atoms with van der Waals surface area (Å²) in [6.07, 6.45) is 1.56. The Bertz CT molecular complexity index is 577. The van der Waals surface area contributed by atoms with Crippen LogP contribution in [0, 0.1) is 5.82 Å². The van der Waals surface area contributed by atoms with E-state index in [0.29, 0.717) is 5.52 Å². The van der Waals surface area contributed by atoms with Gasteiger partial charge in [-0.25, -0.2) is 4.39 Å². The van der Waals surface area contributed by atoms with E-state index in [9.17, 15) is 14.3 Å². The van der Waals surface area contributed by atoms with E-state index in [4.69, 9.17) is 11.6 Å². The summed E-state index contributed by atoms with van der Waals surface area (Å²) in [6.45, 7) is 1.70. The summed E-state index contributed by atoms with van der Waals surface area (Å²) in [5, 5.41) is 9.78. The molecular formula is C11H9ClFNO2. The van der Waals surface area contributed by atoms with E-state index >= 15 is 0 Å². The number of halogens is 2. The van der Waals surface area contributed by atoms with Gasteiger partial charge in [0.25, 0.3) is 0 Å². The molecule has 1 aromatic heterocycles. The molecule has 0 fully saturated rings. The van der Waals surface area contributed by atoms with Gasteiger partial charge >= 0.3 is 0 Å². The van der Waals surface area contributed by atoms with Crippen LogP contribution in [0.4, 0.5) is 4.39 Å². The number of benzene rings is 1. The molecule has 3 nitrogen and oxygen atoms in total. The van der Waals surface area contributed by atoms with Crippen molar-refractivity contribution in [1.29, 1.82) is 0 Å². The van der Waals surface area contributed by atoms with Crippen molar-refractivity contribution in [2.45, 2.75) is 13.3 Å². The highest BCUT2D eigenvalue weighted by molar-refractivity contribution is 6.31. The maximum atomic E-state index is 13.2. The predicted molar refractivity (Wildman–Crippen MR) is 59.5 cm³/mol. The molecule has 0 aliphatic heterocycles. The van der Waals surface area contributed by atoms with Crippen LogP contribution in [0.15, 0.2) is 18.3 Å². The van der Waals surface area contributed by atoms with Crippen molar-refractivity contribution in [2.75, 3.05) is 0 Å². The maximum Gasteiger partial charge on any atom is 0.230 e. The summed E-state index contributed by atoms with van der Waals surface area (Å²) in [6, 6.07) is 2.45. The van der Waals surface area contributed by atoms with Gasteiger partial charge in [-0.05, 0) is 12.1 Å². The average Bonchev–Trinajstić information content (AvgIpc) is 2.56. The summed E-state index contributed by atoms with van der Waals surface area (Å²) >= 11 is 5.64. The SMILES string of the molecule is CCC(=O)n1cc(O)c2cc(F)c(Cl)cc21. The molecule has 16 heavy (non-hydrogen) atoms. The van der Waals surface area contributed by atoms with Crippen molar-refractivity contribution in [2.24, 2.45) is 0 Å². The zero-order chi connectivity index (χ0) is 11.9. The van der Waals surface area contributed by atoms with Gasteiger partial charge in [0.15, 0.2) is 0 Å². The van der Waals surface area contributed by atoms with E-state index in [1.165, 1.54) is 16.8 Å². The number of carbonyl (C=O) groups excluding carboxylic acids is 1. The molecule has 0 radical (unpaired) electrons. The zero-order valence-corrected chi connectivity index (χ0v) is 9.25. The summed E-state index contributed by atoms with van der Waals surface area (Å²) in [5.41, 5.74) is 0.413. The van der Waals surface area contributed by atoms with Gasteiger partial charge in [-0.1, -0.05) is 18.5 Å². The molecule has 1 heterocycles. The minimum atomic E-state index is -0.619. The fraction of sp³-hybridized carbons (Fsp3) is 0.182. The van der Waals surface area contributed by atoms with Gasteiger partial charge in [-0.15, -0.1) is 0 Å². The molecule has 0 bridgehead atoms. The molecule has 1 N–H and O–H groups in total. The molecule has 1 aromatic carbocycles. The minimum Gasteiger partial charge on any atom is -0.506 e. The van der Waals surface area contributed by atoms with Gasteiger partial charge < -0.3 is 5.11 Å². The highest BCUT2D eigenvalue weighted by Crippen LogP contribution is 2.31. The van der Waals surface area contributed by atoms with Crippen molar-refractivity contribution in [3.63, 3.8) is 0 Å². The monoisotopic (exact) mass is 241 g/mol. The molecule has 5 heteroatoms. The van der Waals surface area contributed by atoms with Crippen molar-refractivity contribution in [1.82, 2.24) is 4.57 Å². The second kappa shape index (κ2) is 3.79. The zero-order valence-electron chi connectivity index (χ0n) is 8.50. The standard InChI is InChI=1S/C11H9ClFNO2/c1-2-11(16)14-5-10(15)6-3-8(13)7(12)4-9(6)14/h3-5,15H,2H2,1H3. The highest BCUT2D eigenvalue weighted by atomic mass is 35.5. The molecule has 0 spiro atoms. The van der Waals surface area contributed by atoms with Crippen LogP contribution in [0.2, 0.25) is 5.02 Å². The summed E-state index contributed by atoms with van der Waals surface area (Å²) < 4.78 is 14.5. The Kier molecular flexibility index (Phi) is 2.59. The van der Waals surface area contributed by atoms with Gasteiger partial charge in [0.2, 0.25) is 5.91 Å². The number of fused-ring (bicyclic) bond motifs is 1. The van der Waals surface area contributed by atoms with Gasteiger partial charge in [0, 0.05) is 11.8 Å². The number of rotatable bonds is 1. The summed E-state index contributed by atoms with van der Waals surface area (Å²) in [4.78, 5) is 11.6. The molecule has 0 amide bonds. The van der Waals surface area contributed by atoms with Crippen LogP contribution in [0.1, 0.15) is 18.1 Å². The molecule has 84 valence electrons. The van der Waals surface area contributed by atoms with E-state index in [2.05, 4.69) is 0 Å². The minimum absolute atomic E-state index is 0.0734. The first kappa shape index (κ1) is 11.0. The summed E-state index contributed by atoms with van der Waals surface area (Å²) in [7, 11) is 0. The lowest BCUT2D eigenvalue weighted by Gasteiger charge is -2.01. The van der Waals surface area contributed by atoms with E-state index in [1.807, 2.05) is 0 Å². The molecule has 0 aliphatic rings. The largest absolute Gasteiger partial charge is 0.506 e. The van der Waals surface area contributed by atoms with Crippen LogP contribution in [-0.4, -0.2) is 15.6 Å². The van der Waals surface area contributed by atoms with E-state index < -0.39 is 5.82 Å². The van der Waals surface area contributed by atoms with E-state index in [0.717, 1.165) is 6.07 Å². The second-order valence-electron chi connectivity index (χ2n) is 3.42. The smallest absolute Gasteiger partial charge is 0.230 e. The van der Waals surface area contributed by atoms with Crippen molar-refractivity contribution < 1.29 is 14.3 Å². The third kappa shape index (κ3) is 1.55. The van der Waals surface area contributed by atoms with Gasteiger partial charge in [-0.3, -0.25) is 9.36 Å². The first-order chi connectivity index (χ1) is 7.54. The Morgan fingerprint density at radius 1 is 1.56 bits per heavy atom. The maximum absolute atomic E-state index is 13.2. The lowest BCUT2D eigenvalue weighted by atomic mass is 10.2. The Morgan fingerprint density at radius 2 is 2.25 bits per heavy atom. The van der Waals surface area contributed by atoms with Crippen LogP contribution in [0.3, 0.4) is 0 Å². The molecule has 2 aromatic rings. The Hall–Kier alpha value is -1.55. The van der Waals surface area contributed by atoms with Crippen LogP contribution < -0.4 is 0 Å². The van der Waals surface area contributed by atoms with Crippen LogP contribution in [0.25, 0.3) is 10.9 Å². The topological polar surface area (TPSA) is 42.2 Å². The lowest BCUT2D eigenvalue weighted by Crippen LogP contribution is -2.06. The van der Waals surface area contributed by atoms with E-state index in [-0.39, 0.29) is 28.5 Å².